The van der Waals surface area contributed by atoms with Gasteiger partial charge < -0.3 is 10.8 Å². The Bertz CT molecular complexity index is 465. The first-order valence-corrected chi connectivity index (χ1v) is 5.28. The highest BCUT2D eigenvalue weighted by molar-refractivity contribution is 5.90. The molecule has 2 aliphatic carbocycles. The van der Waals surface area contributed by atoms with Crippen LogP contribution in [-0.4, -0.2) is 16.9 Å². The number of rotatable bonds is 0. The van der Waals surface area contributed by atoms with Gasteiger partial charge in [-0.25, -0.2) is 0 Å². The number of benzene rings is 1. The van der Waals surface area contributed by atoms with Gasteiger partial charge in [-0.05, 0) is 35.6 Å². The van der Waals surface area contributed by atoms with Crippen molar-refractivity contribution in [2.45, 2.75) is 31.7 Å². The lowest BCUT2D eigenvalue weighted by Crippen LogP contribution is -2.19. The van der Waals surface area contributed by atoms with E-state index in [0.717, 1.165) is 29.5 Å². The SMILES string of the molecule is NC1Cc2cc(O)c3c(c2C1)CC(=O)C3. The average Bonchev–Trinajstić information content (AvgIpc) is 2.68. The van der Waals surface area contributed by atoms with Crippen molar-refractivity contribution in [3.63, 3.8) is 0 Å². The molecular weight excluding hydrogens is 190 g/mol. The number of hydrogen-bond acceptors (Lipinski definition) is 3. The molecule has 0 bridgehead atoms. The van der Waals surface area contributed by atoms with Gasteiger partial charge in [0.1, 0.15) is 11.5 Å². The van der Waals surface area contributed by atoms with E-state index in [1.165, 1.54) is 5.56 Å². The topological polar surface area (TPSA) is 63.3 Å². The molecule has 1 aromatic carbocycles. The molecule has 78 valence electrons. The van der Waals surface area contributed by atoms with Crippen LogP contribution < -0.4 is 5.73 Å². The van der Waals surface area contributed by atoms with Gasteiger partial charge >= 0.3 is 0 Å². The number of carbonyl (C=O) groups excluding carboxylic acids is 1. The average molecular weight is 203 g/mol. The summed E-state index contributed by atoms with van der Waals surface area (Å²) in [7, 11) is 0. The summed E-state index contributed by atoms with van der Waals surface area (Å²) in [6, 6.07) is 1.95. The van der Waals surface area contributed by atoms with Crippen molar-refractivity contribution in [3.05, 3.63) is 28.3 Å². The van der Waals surface area contributed by atoms with E-state index < -0.39 is 0 Å². The summed E-state index contributed by atoms with van der Waals surface area (Å²) in [6.45, 7) is 0. The van der Waals surface area contributed by atoms with Crippen LogP contribution in [0.5, 0.6) is 5.75 Å². The van der Waals surface area contributed by atoms with E-state index in [1.807, 2.05) is 0 Å². The van der Waals surface area contributed by atoms with Crippen LogP contribution in [0.4, 0.5) is 0 Å². The molecular formula is C12H13NO2. The van der Waals surface area contributed by atoms with Crippen LogP contribution >= 0.6 is 0 Å². The fourth-order valence-corrected chi connectivity index (χ4v) is 2.79. The van der Waals surface area contributed by atoms with Crippen molar-refractivity contribution >= 4 is 5.78 Å². The van der Waals surface area contributed by atoms with Crippen LogP contribution in [0.25, 0.3) is 0 Å². The van der Waals surface area contributed by atoms with E-state index in [-0.39, 0.29) is 17.6 Å². The highest BCUT2D eigenvalue weighted by atomic mass is 16.3. The fraction of sp³-hybridized carbons (Fsp3) is 0.417. The molecule has 0 spiro atoms. The zero-order valence-electron chi connectivity index (χ0n) is 8.42. The quantitative estimate of drug-likeness (QED) is 0.645. The van der Waals surface area contributed by atoms with E-state index in [9.17, 15) is 9.90 Å². The molecule has 2 aliphatic rings. The largest absolute Gasteiger partial charge is 0.508 e. The van der Waals surface area contributed by atoms with Gasteiger partial charge in [0.25, 0.3) is 0 Å². The highest BCUT2D eigenvalue weighted by Crippen LogP contribution is 2.37. The maximum absolute atomic E-state index is 11.4. The van der Waals surface area contributed by atoms with E-state index >= 15 is 0 Å². The molecule has 1 unspecified atom stereocenters. The molecule has 1 atom stereocenters. The smallest absolute Gasteiger partial charge is 0.141 e. The minimum Gasteiger partial charge on any atom is -0.508 e. The predicted octanol–water partition coefficient (Wildman–Crippen LogP) is 0.486. The Balaban J connectivity index is 2.21. The monoisotopic (exact) mass is 203 g/mol. The van der Waals surface area contributed by atoms with Crippen LogP contribution in [0.2, 0.25) is 0 Å². The van der Waals surface area contributed by atoms with Crippen molar-refractivity contribution in [2.75, 3.05) is 0 Å². The van der Waals surface area contributed by atoms with Crippen molar-refractivity contribution in [2.24, 2.45) is 5.73 Å². The molecule has 0 aliphatic heterocycles. The third-order valence-corrected chi connectivity index (χ3v) is 3.43. The molecule has 0 heterocycles. The normalized spacial score (nSPS) is 23.0. The molecule has 0 radical (unpaired) electrons. The van der Waals surface area contributed by atoms with Crippen molar-refractivity contribution in [3.8, 4) is 5.75 Å². The first-order valence-electron chi connectivity index (χ1n) is 5.28. The molecule has 3 N–H and O–H groups in total. The third kappa shape index (κ3) is 1.20. The van der Waals surface area contributed by atoms with Crippen LogP contribution in [0.3, 0.4) is 0 Å². The summed E-state index contributed by atoms with van der Waals surface area (Å²) in [5, 5.41) is 9.81. The van der Waals surface area contributed by atoms with Crippen LogP contribution in [0.1, 0.15) is 22.3 Å². The molecule has 3 rings (SSSR count). The maximum atomic E-state index is 11.4. The zero-order valence-corrected chi connectivity index (χ0v) is 8.42. The zero-order chi connectivity index (χ0) is 10.6. The molecule has 15 heavy (non-hydrogen) atoms. The number of aromatic hydroxyl groups is 1. The first kappa shape index (κ1) is 8.92. The predicted molar refractivity (Wildman–Crippen MR) is 55.9 cm³/mol. The Morgan fingerprint density at radius 2 is 1.93 bits per heavy atom. The van der Waals surface area contributed by atoms with Gasteiger partial charge in [-0.2, -0.15) is 0 Å². The molecule has 0 amide bonds. The number of carbonyl (C=O) groups is 1. The molecule has 3 nitrogen and oxygen atoms in total. The fourth-order valence-electron chi connectivity index (χ4n) is 2.79. The third-order valence-electron chi connectivity index (χ3n) is 3.43. The second-order valence-electron chi connectivity index (χ2n) is 4.55. The van der Waals surface area contributed by atoms with Crippen molar-refractivity contribution < 1.29 is 9.90 Å². The summed E-state index contributed by atoms with van der Waals surface area (Å²) in [6.07, 6.45) is 2.55. The second-order valence-corrected chi connectivity index (χ2v) is 4.55. The lowest BCUT2D eigenvalue weighted by atomic mass is 9.99. The lowest BCUT2D eigenvalue weighted by Gasteiger charge is -2.08. The van der Waals surface area contributed by atoms with Crippen molar-refractivity contribution in [1.82, 2.24) is 0 Å². The van der Waals surface area contributed by atoms with Gasteiger partial charge in [-0.1, -0.05) is 0 Å². The number of fused-ring (bicyclic) bond motifs is 3. The Morgan fingerprint density at radius 3 is 2.73 bits per heavy atom. The number of ketones is 1. The number of hydrogen-bond donors (Lipinski definition) is 2. The summed E-state index contributed by atoms with van der Waals surface area (Å²) >= 11 is 0. The lowest BCUT2D eigenvalue weighted by molar-refractivity contribution is -0.117. The molecule has 0 aromatic heterocycles. The number of phenolic OH excluding ortho intramolecular Hbond substituents is 1. The van der Waals surface area contributed by atoms with Gasteiger partial charge in [0.2, 0.25) is 0 Å². The standard InChI is InChI=1S/C12H13NO2/c13-7-1-6-2-12(15)11-5-8(14)4-10(11)9(6)3-7/h2,7,15H,1,3-5,13H2. The molecule has 0 fully saturated rings. The van der Waals surface area contributed by atoms with Crippen LogP contribution in [0.15, 0.2) is 6.07 Å². The van der Waals surface area contributed by atoms with E-state index in [4.69, 9.17) is 5.73 Å². The maximum Gasteiger partial charge on any atom is 0.141 e. The van der Waals surface area contributed by atoms with Gasteiger partial charge in [0.05, 0.1) is 0 Å². The molecule has 0 saturated heterocycles. The Hall–Kier alpha value is -1.35. The van der Waals surface area contributed by atoms with Gasteiger partial charge in [-0.15, -0.1) is 0 Å². The number of nitrogens with two attached hydrogens (primary N) is 1. The van der Waals surface area contributed by atoms with Crippen LogP contribution in [-0.2, 0) is 30.5 Å². The van der Waals surface area contributed by atoms with Gasteiger partial charge in [-0.3, -0.25) is 4.79 Å². The molecule has 1 aromatic rings. The number of phenols is 1. The summed E-state index contributed by atoms with van der Waals surface area (Å²) in [5.41, 5.74) is 10.2. The molecule has 3 heteroatoms. The first-order chi connectivity index (χ1) is 7.15. The Morgan fingerprint density at radius 1 is 1.20 bits per heavy atom. The summed E-state index contributed by atoms with van der Waals surface area (Å²) in [5.74, 6) is 0.484. The molecule has 0 saturated carbocycles. The Labute approximate surface area is 87.9 Å². The van der Waals surface area contributed by atoms with E-state index in [0.29, 0.717) is 12.8 Å². The minimum atomic E-state index is 0.154. The van der Waals surface area contributed by atoms with Crippen molar-refractivity contribution in [1.29, 1.82) is 0 Å². The van der Waals surface area contributed by atoms with E-state index in [1.54, 1.807) is 6.07 Å². The Kier molecular flexibility index (Phi) is 1.68. The van der Waals surface area contributed by atoms with Gasteiger partial charge in [0.15, 0.2) is 0 Å². The summed E-state index contributed by atoms with van der Waals surface area (Å²) < 4.78 is 0. The summed E-state index contributed by atoms with van der Waals surface area (Å²) in [4.78, 5) is 11.4. The minimum absolute atomic E-state index is 0.154. The van der Waals surface area contributed by atoms with E-state index in [2.05, 4.69) is 0 Å². The highest BCUT2D eigenvalue weighted by Gasteiger charge is 2.30. The second kappa shape index (κ2) is 2.83. The van der Waals surface area contributed by atoms with Gasteiger partial charge in [0, 0.05) is 24.4 Å². The number of Topliss-reactive ketones (excluding diaryl/α,β-unsaturated/α-hetero) is 1. The van der Waals surface area contributed by atoms with Crippen LogP contribution in [0, 0.1) is 0 Å².